The molecule has 333 valence electrons. The van der Waals surface area contributed by atoms with E-state index >= 15 is 0 Å². The monoisotopic (exact) mass is 1060 g/mol. The molecule has 0 amide bonds. The Morgan fingerprint density at radius 3 is 1.92 bits per heavy atom. The van der Waals surface area contributed by atoms with Crippen molar-refractivity contribution in [2.75, 3.05) is 0 Å². The van der Waals surface area contributed by atoms with E-state index in [4.69, 9.17) is 0 Å². The number of thiophene rings is 1. The first-order chi connectivity index (χ1) is 29.7. The normalized spacial score (nSPS) is 12.2. The first-order valence-corrected chi connectivity index (χ1v) is 26.7. The van der Waals surface area contributed by atoms with E-state index in [2.05, 4.69) is 235 Å². The Hall–Kier alpha value is -5.03. The van der Waals surface area contributed by atoms with Crippen LogP contribution >= 0.6 is 11.3 Å². The van der Waals surface area contributed by atoms with Gasteiger partial charge in [0.25, 0.3) is 0 Å². The predicted octanol–water partition coefficient (Wildman–Crippen LogP) is 14.8. The molecule has 1 radical (unpaired) electrons. The minimum absolute atomic E-state index is 0. The maximum Gasteiger partial charge on any atom is 0.0709 e. The van der Waals surface area contributed by atoms with Crippen LogP contribution in [0.1, 0.15) is 92.0 Å². The number of hydrogen-bond acceptors (Lipinski definition) is 1. The number of nitrogens with zero attached hydrogens (tertiary/aromatic N) is 2. The van der Waals surface area contributed by atoms with E-state index in [0.717, 1.165) is 34.5 Å². The first kappa shape index (κ1) is 48.4. The Bertz CT molecular complexity index is 2930. The number of hydrogen-bond donors (Lipinski definition) is 0. The molecular weight excluding hydrogens is 989 g/mol. The zero-order valence-electron chi connectivity index (χ0n) is 40.0. The molecule has 1 unspecified atom stereocenters. The van der Waals surface area contributed by atoms with Crippen molar-refractivity contribution in [1.82, 2.24) is 0 Å². The molecule has 0 saturated heterocycles. The minimum atomic E-state index is -1.52. The molecule has 3 heterocycles. The molecule has 0 bridgehead atoms. The summed E-state index contributed by atoms with van der Waals surface area (Å²) in [5, 5.41) is 4.06. The van der Waals surface area contributed by atoms with Gasteiger partial charge < -0.3 is 9.13 Å². The van der Waals surface area contributed by atoms with E-state index in [9.17, 15) is 0 Å². The van der Waals surface area contributed by atoms with E-state index in [1.54, 1.807) is 0 Å². The summed E-state index contributed by atoms with van der Waals surface area (Å²) in [6, 6.07) is 42.4. The molecule has 0 spiro atoms. The zero-order chi connectivity index (χ0) is 45.5. The van der Waals surface area contributed by atoms with Crippen LogP contribution in [-0.2, 0) is 31.9 Å². The molecule has 1 atom stereocenters. The summed E-state index contributed by atoms with van der Waals surface area (Å²) >= 11 is 1.85. The topological polar surface area (TPSA) is 7.76 Å². The van der Waals surface area contributed by atoms with E-state index in [1.165, 1.54) is 75.4 Å². The Morgan fingerprint density at radius 2 is 1.28 bits per heavy atom. The number of rotatable bonds is 8. The SMILES string of the molecule is [CH2-]c1cc2sc3cc(-c4cc(C)cc(C)c4)ccc3c2cc1-c1cc(C(C)C(C)C)cc[n+]1[CH2-].[CH2-]c1ccc(C(C)(C)C)cc1-c1cc(Cc2ccccc2)c([Si](C)(C)C)c[n+]1[CH2-].[Ir]. The van der Waals surface area contributed by atoms with E-state index in [1.807, 2.05) is 15.9 Å². The van der Waals surface area contributed by atoms with Gasteiger partial charge in [0, 0.05) is 38.9 Å². The van der Waals surface area contributed by atoms with Crippen LogP contribution in [-0.4, -0.2) is 8.07 Å². The summed E-state index contributed by atoms with van der Waals surface area (Å²) in [6.07, 6.45) is 5.29. The van der Waals surface area contributed by atoms with Crippen LogP contribution < -0.4 is 14.3 Å². The largest absolute Gasteiger partial charge is 0.343 e. The Kier molecular flexibility index (Phi) is 14.5. The maximum atomic E-state index is 4.42. The molecule has 2 nitrogen and oxygen atoms in total. The number of benzene rings is 5. The predicted molar refractivity (Wildman–Crippen MR) is 277 cm³/mol. The average molecular weight is 1060 g/mol. The van der Waals surface area contributed by atoms with Crippen molar-refractivity contribution in [2.45, 2.75) is 92.8 Å². The summed E-state index contributed by atoms with van der Waals surface area (Å²) in [4.78, 5) is 0. The van der Waals surface area contributed by atoms with E-state index in [-0.39, 0.29) is 25.5 Å². The van der Waals surface area contributed by atoms with Gasteiger partial charge in [-0.15, -0.1) is 46.7 Å². The van der Waals surface area contributed by atoms with Gasteiger partial charge in [-0.25, -0.2) is 0 Å². The van der Waals surface area contributed by atoms with Gasteiger partial charge in [-0.1, -0.05) is 168 Å². The number of aryl methyl sites for hydroxylation is 2. The van der Waals surface area contributed by atoms with Gasteiger partial charge in [-0.05, 0) is 80.9 Å². The van der Waals surface area contributed by atoms with Gasteiger partial charge in [0.05, 0.1) is 31.9 Å². The van der Waals surface area contributed by atoms with Crippen LogP contribution in [0.5, 0.6) is 0 Å². The molecule has 0 saturated carbocycles. The summed E-state index contributed by atoms with van der Waals surface area (Å²) < 4.78 is 6.62. The second kappa shape index (κ2) is 19.2. The number of fused-ring (bicyclic) bond motifs is 3. The molecule has 64 heavy (non-hydrogen) atoms. The molecule has 0 aliphatic carbocycles. The molecule has 0 aliphatic heterocycles. The Labute approximate surface area is 403 Å². The molecule has 8 rings (SSSR count). The average Bonchev–Trinajstić information content (AvgIpc) is 3.57. The molecular formula is C59H66IrN2SSi-2. The molecule has 0 fully saturated rings. The minimum Gasteiger partial charge on any atom is -0.343 e. The van der Waals surface area contributed by atoms with Gasteiger partial charge in [0.15, 0.2) is 0 Å². The van der Waals surface area contributed by atoms with Crippen LogP contribution in [0.15, 0.2) is 128 Å². The summed E-state index contributed by atoms with van der Waals surface area (Å²) in [6.45, 7) is 33.9. The fourth-order valence-electron chi connectivity index (χ4n) is 8.65. The van der Waals surface area contributed by atoms with Crippen LogP contribution in [0.4, 0.5) is 0 Å². The summed E-state index contributed by atoms with van der Waals surface area (Å²) in [5.41, 5.74) is 17.3. The van der Waals surface area contributed by atoms with E-state index in [0.29, 0.717) is 11.8 Å². The van der Waals surface area contributed by atoms with Crippen molar-refractivity contribution in [3.8, 4) is 33.6 Å². The first-order valence-electron chi connectivity index (χ1n) is 22.4. The van der Waals surface area contributed by atoms with E-state index < -0.39 is 8.07 Å². The van der Waals surface area contributed by atoms with Crippen molar-refractivity contribution in [1.29, 1.82) is 0 Å². The third kappa shape index (κ3) is 10.6. The fraction of sp³-hybridized carbons (Fsp3) is 0.254. The number of pyridine rings is 2. The quantitative estimate of drug-likeness (QED) is 0.0814. The van der Waals surface area contributed by atoms with Crippen molar-refractivity contribution < 1.29 is 29.2 Å². The second-order valence-corrected chi connectivity index (χ2v) is 26.3. The van der Waals surface area contributed by atoms with Crippen LogP contribution in [0.2, 0.25) is 19.6 Å². The third-order valence-corrected chi connectivity index (χ3v) is 15.8. The Balaban J connectivity index is 0.000000212. The van der Waals surface area contributed by atoms with Crippen LogP contribution in [0, 0.1) is 47.7 Å². The summed E-state index contributed by atoms with van der Waals surface area (Å²) in [7, 11) is 7.11. The maximum absolute atomic E-state index is 4.42. The van der Waals surface area contributed by atoms with Gasteiger partial charge in [-0.3, -0.25) is 0 Å². The van der Waals surface area contributed by atoms with Crippen molar-refractivity contribution >= 4 is 44.8 Å². The molecule has 3 aromatic heterocycles. The molecule has 0 aliphatic rings. The third-order valence-electron chi connectivity index (χ3n) is 12.7. The van der Waals surface area contributed by atoms with Crippen molar-refractivity contribution in [3.05, 3.63) is 200 Å². The van der Waals surface area contributed by atoms with Crippen LogP contribution in [0.25, 0.3) is 53.8 Å². The van der Waals surface area contributed by atoms with Crippen molar-refractivity contribution in [3.63, 3.8) is 0 Å². The zero-order valence-corrected chi connectivity index (χ0v) is 44.2. The molecule has 5 aromatic carbocycles. The van der Waals surface area contributed by atoms with Gasteiger partial charge >= 0.3 is 0 Å². The smallest absolute Gasteiger partial charge is 0.0709 e. The van der Waals surface area contributed by atoms with Gasteiger partial charge in [-0.2, -0.15) is 31.0 Å². The Morgan fingerprint density at radius 1 is 0.641 bits per heavy atom. The second-order valence-electron chi connectivity index (χ2n) is 20.1. The molecule has 5 heteroatoms. The van der Waals surface area contributed by atoms with Gasteiger partial charge in [0.1, 0.15) is 0 Å². The fourth-order valence-corrected chi connectivity index (χ4v) is 11.5. The molecule has 0 N–H and O–H groups in total. The van der Waals surface area contributed by atoms with Crippen LogP contribution in [0.3, 0.4) is 0 Å². The standard InChI is InChI=1S/C32H32NS.C27H34NSi.Ir/c1-19(2)23(6)24-10-11-33(7)30(16-24)28-18-29-27-9-8-25(26-13-20(3)12-21(4)14-26)17-32(27)34-31(29)15-22(28)5;1-20-14-15-23(27(2,3)4)18-24(20)25-17-22(16-21-12-10-9-11-13-21)26(19-28(25)5)29(6,7)8;/h8-19,23H,5,7H2,1-4,6H3;9-15,17-19H,1,5,16H2,2-4,6-8H3;/q2*-1;. The summed E-state index contributed by atoms with van der Waals surface area (Å²) in [5.74, 6) is 1.07. The van der Waals surface area contributed by atoms with Gasteiger partial charge in [0.2, 0.25) is 0 Å². The molecule has 8 aromatic rings. The van der Waals surface area contributed by atoms with Crippen molar-refractivity contribution in [2.24, 2.45) is 5.92 Å². The number of aromatic nitrogens is 2.